The molecule has 0 spiro atoms. The summed E-state index contributed by atoms with van der Waals surface area (Å²) in [4.78, 5) is 13.1. The second kappa shape index (κ2) is 5.16. The fourth-order valence-electron chi connectivity index (χ4n) is 1.79. The summed E-state index contributed by atoms with van der Waals surface area (Å²) in [5, 5.41) is 11.5. The van der Waals surface area contributed by atoms with Gasteiger partial charge in [-0.25, -0.2) is 0 Å². The number of carbonyl (C=O) groups excluding carboxylic acids is 1. The quantitative estimate of drug-likeness (QED) is 0.576. The Bertz CT molecular complexity index is 420. The van der Waals surface area contributed by atoms with Crippen LogP contribution in [0.15, 0.2) is 18.2 Å². The molecular weight excluding hydrogens is 220 g/mol. The summed E-state index contributed by atoms with van der Waals surface area (Å²) in [6.45, 7) is 0.787. The zero-order valence-corrected chi connectivity index (χ0v) is 9.77. The molecule has 1 aliphatic heterocycles. The van der Waals surface area contributed by atoms with Crippen LogP contribution in [-0.2, 0) is 11.2 Å². The molecule has 0 bridgehead atoms. The van der Waals surface area contributed by atoms with E-state index in [1.54, 1.807) is 11.9 Å². The number of nitrogens with zero attached hydrogens (tertiary/aromatic N) is 1. The number of ether oxygens (including phenoxy) is 1. The summed E-state index contributed by atoms with van der Waals surface area (Å²) in [7, 11) is 1.75. The Balaban J connectivity index is 2.14. The van der Waals surface area contributed by atoms with E-state index in [0.29, 0.717) is 6.54 Å². The fourth-order valence-corrected chi connectivity index (χ4v) is 1.79. The van der Waals surface area contributed by atoms with Crippen LogP contribution in [0.5, 0.6) is 5.75 Å². The van der Waals surface area contributed by atoms with Crippen molar-refractivity contribution in [3.05, 3.63) is 23.8 Å². The molecule has 0 aromatic heterocycles. The van der Waals surface area contributed by atoms with Gasteiger partial charge in [0.25, 0.3) is 5.91 Å². The number of rotatable bonds is 4. The van der Waals surface area contributed by atoms with E-state index in [-0.39, 0.29) is 19.2 Å². The number of benzene rings is 1. The van der Waals surface area contributed by atoms with Crippen molar-refractivity contribution in [1.82, 2.24) is 5.32 Å². The Morgan fingerprint density at radius 3 is 3.12 bits per heavy atom. The molecule has 17 heavy (non-hydrogen) atoms. The maximum atomic E-state index is 11.5. The van der Waals surface area contributed by atoms with Crippen molar-refractivity contribution in [2.45, 2.75) is 6.42 Å². The highest BCUT2D eigenvalue weighted by atomic mass is 16.5. The number of fused-ring (bicyclic) bond motifs is 1. The van der Waals surface area contributed by atoms with Gasteiger partial charge in [0.2, 0.25) is 0 Å². The second-order valence-corrected chi connectivity index (χ2v) is 3.95. The van der Waals surface area contributed by atoms with Crippen molar-refractivity contribution < 1.29 is 14.6 Å². The van der Waals surface area contributed by atoms with Gasteiger partial charge in [0.15, 0.2) is 6.61 Å². The van der Waals surface area contributed by atoms with Gasteiger partial charge in [-0.2, -0.15) is 0 Å². The summed E-state index contributed by atoms with van der Waals surface area (Å²) >= 11 is 0. The van der Waals surface area contributed by atoms with Gasteiger partial charge < -0.3 is 14.7 Å². The molecule has 92 valence electrons. The first-order valence-corrected chi connectivity index (χ1v) is 5.56. The van der Waals surface area contributed by atoms with Gasteiger partial charge in [-0.05, 0) is 24.1 Å². The number of hydrogen-bond donors (Lipinski definition) is 2. The summed E-state index contributed by atoms with van der Waals surface area (Å²) < 4.78 is 5.34. The van der Waals surface area contributed by atoms with Gasteiger partial charge >= 0.3 is 0 Å². The number of likely N-dealkylation sites (N-methyl/N-ethyl adjacent to an activating group) is 1. The molecule has 0 radical (unpaired) electrons. The molecule has 5 heteroatoms. The third kappa shape index (κ3) is 2.57. The number of anilines is 1. The lowest BCUT2D eigenvalue weighted by molar-refractivity contribution is -0.120. The minimum absolute atomic E-state index is 0.0214. The van der Waals surface area contributed by atoms with Crippen molar-refractivity contribution >= 4 is 11.6 Å². The van der Waals surface area contributed by atoms with Crippen LogP contribution in [0.4, 0.5) is 5.69 Å². The lowest BCUT2D eigenvalue weighted by Gasteiger charge is -2.26. The van der Waals surface area contributed by atoms with Crippen LogP contribution in [0.3, 0.4) is 0 Å². The zero-order valence-electron chi connectivity index (χ0n) is 9.77. The molecule has 0 fully saturated rings. The molecule has 0 atom stereocenters. The number of aliphatic hydroxyl groups is 1. The molecule has 2 rings (SSSR count). The van der Waals surface area contributed by atoms with Crippen LogP contribution in [0.25, 0.3) is 0 Å². The fraction of sp³-hybridized carbons (Fsp3) is 0.417. The number of hydrogen-bond acceptors (Lipinski definition) is 4. The standard InChI is InChI=1S/C12H16N2O3/c1-14-10-6-9(4-5-13-8-15)2-3-11(10)17-7-12(14)16/h2-3,6,13,15H,4-5,7-8H2,1H3. The maximum Gasteiger partial charge on any atom is 0.264 e. The largest absolute Gasteiger partial charge is 0.482 e. The summed E-state index contributed by atoms with van der Waals surface area (Å²) in [5.41, 5.74) is 1.91. The zero-order chi connectivity index (χ0) is 12.3. The molecule has 1 aromatic carbocycles. The SMILES string of the molecule is CN1C(=O)COc2ccc(CCNCO)cc21. The van der Waals surface area contributed by atoms with E-state index in [0.717, 1.165) is 23.4 Å². The lowest BCUT2D eigenvalue weighted by atomic mass is 10.1. The molecule has 0 saturated carbocycles. The molecule has 1 aliphatic rings. The molecule has 1 aromatic rings. The van der Waals surface area contributed by atoms with Crippen molar-refractivity contribution in [2.75, 3.05) is 31.8 Å². The van der Waals surface area contributed by atoms with E-state index in [9.17, 15) is 4.79 Å². The van der Waals surface area contributed by atoms with Crippen molar-refractivity contribution in [1.29, 1.82) is 0 Å². The van der Waals surface area contributed by atoms with E-state index < -0.39 is 0 Å². The van der Waals surface area contributed by atoms with Crippen LogP contribution < -0.4 is 15.0 Å². The molecule has 0 aliphatic carbocycles. The average molecular weight is 236 g/mol. The molecule has 5 nitrogen and oxygen atoms in total. The van der Waals surface area contributed by atoms with Crippen molar-refractivity contribution in [3.63, 3.8) is 0 Å². The molecule has 2 N–H and O–H groups in total. The van der Waals surface area contributed by atoms with Gasteiger partial charge in [-0.1, -0.05) is 6.07 Å². The highest BCUT2D eigenvalue weighted by Crippen LogP contribution is 2.31. The monoisotopic (exact) mass is 236 g/mol. The van der Waals surface area contributed by atoms with E-state index in [1.165, 1.54) is 0 Å². The third-order valence-corrected chi connectivity index (χ3v) is 2.81. The number of aliphatic hydroxyl groups excluding tert-OH is 1. The van der Waals surface area contributed by atoms with Gasteiger partial charge in [-0.15, -0.1) is 0 Å². The van der Waals surface area contributed by atoms with Crippen LogP contribution in [-0.4, -0.2) is 37.9 Å². The van der Waals surface area contributed by atoms with Gasteiger partial charge in [-0.3, -0.25) is 10.1 Å². The smallest absolute Gasteiger partial charge is 0.264 e. The molecule has 0 unspecified atom stereocenters. The first-order valence-electron chi connectivity index (χ1n) is 5.56. The Morgan fingerprint density at radius 2 is 2.35 bits per heavy atom. The number of carbonyl (C=O) groups is 1. The molecular formula is C12H16N2O3. The first kappa shape index (κ1) is 11.9. The summed E-state index contributed by atoms with van der Waals surface area (Å²) in [6, 6.07) is 5.81. The van der Waals surface area contributed by atoms with E-state index in [1.807, 2.05) is 18.2 Å². The number of amides is 1. The third-order valence-electron chi connectivity index (χ3n) is 2.81. The summed E-state index contributed by atoms with van der Waals surface area (Å²) in [6.07, 6.45) is 0.801. The number of nitrogens with one attached hydrogen (secondary N) is 1. The average Bonchev–Trinajstić information content (AvgIpc) is 2.35. The van der Waals surface area contributed by atoms with Crippen molar-refractivity contribution in [3.8, 4) is 5.75 Å². The topological polar surface area (TPSA) is 61.8 Å². The van der Waals surface area contributed by atoms with E-state index in [2.05, 4.69) is 5.32 Å². The second-order valence-electron chi connectivity index (χ2n) is 3.95. The van der Waals surface area contributed by atoms with Crippen LogP contribution in [0, 0.1) is 0 Å². The van der Waals surface area contributed by atoms with Gasteiger partial charge in [0, 0.05) is 13.6 Å². The van der Waals surface area contributed by atoms with Crippen LogP contribution in [0.1, 0.15) is 5.56 Å². The predicted octanol–water partition coefficient (Wildman–Crippen LogP) is 0.124. The van der Waals surface area contributed by atoms with Gasteiger partial charge in [0.1, 0.15) is 5.75 Å². The van der Waals surface area contributed by atoms with Crippen molar-refractivity contribution in [2.24, 2.45) is 0 Å². The summed E-state index contributed by atoms with van der Waals surface area (Å²) in [5.74, 6) is 0.703. The Labute approximate surface area is 100.0 Å². The van der Waals surface area contributed by atoms with Crippen LogP contribution >= 0.6 is 0 Å². The minimum atomic E-state index is -0.0388. The lowest BCUT2D eigenvalue weighted by Crippen LogP contribution is -2.35. The minimum Gasteiger partial charge on any atom is -0.482 e. The maximum absolute atomic E-state index is 11.5. The Hall–Kier alpha value is -1.59. The first-order chi connectivity index (χ1) is 8.22. The predicted molar refractivity (Wildman–Crippen MR) is 64.1 cm³/mol. The normalized spacial score (nSPS) is 14.5. The van der Waals surface area contributed by atoms with E-state index in [4.69, 9.17) is 9.84 Å². The van der Waals surface area contributed by atoms with Gasteiger partial charge in [0.05, 0.1) is 12.4 Å². The Kier molecular flexibility index (Phi) is 3.61. The highest BCUT2D eigenvalue weighted by Gasteiger charge is 2.21. The molecule has 1 heterocycles. The van der Waals surface area contributed by atoms with Crippen LogP contribution in [0.2, 0.25) is 0 Å². The highest BCUT2D eigenvalue weighted by molar-refractivity contribution is 5.97. The molecule has 0 saturated heterocycles. The Morgan fingerprint density at radius 1 is 1.53 bits per heavy atom. The van der Waals surface area contributed by atoms with E-state index >= 15 is 0 Å². The molecule has 1 amide bonds.